The Bertz CT molecular complexity index is 870. The van der Waals surface area contributed by atoms with Crippen LogP contribution in [0.3, 0.4) is 0 Å². The van der Waals surface area contributed by atoms with Gasteiger partial charge < -0.3 is 4.74 Å². The summed E-state index contributed by atoms with van der Waals surface area (Å²) in [4.78, 5) is 11.6. The van der Waals surface area contributed by atoms with Crippen LogP contribution in [-0.4, -0.2) is 41.7 Å². The molecule has 2 heterocycles. The van der Waals surface area contributed by atoms with Crippen molar-refractivity contribution in [2.75, 3.05) is 20.2 Å². The SMILES string of the molecule is COC(=O)Cc1cn(I)c2ccc(CS(=O)(=O)N3CCCC3)cc12. The molecule has 3 rings (SSSR count). The van der Waals surface area contributed by atoms with Gasteiger partial charge in [-0.15, -0.1) is 0 Å². The molecule has 2 aromatic rings. The second kappa shape index (κ2) is 7.01. The van der Waals surface area contributed by atoms with E-state index in [0.717, 1.165) is 34.9 Å². The summed E-state index contributed by atoms with van der Waals surface area (Å²) in [5, 5.41) is 0.893. The maximum atomic E-state index is 12.5. The normalized spacial score (nSPS) is 15.9. The Morgan fingerprint density at radius 1 is 1.29 bits per heavy atom. The number of hydrogen-bond acceptors (Lipinski definition) is 4. The first-order valence-electron chi connectivity index (χ1n) is 7.74. The average molecular weight is 462 g/mol. The van der Waals surface area contributed by atoms with Gasteiger partial charge in [-0.2, -0.15) is 0 Å². The van der Waals surface area contributed by atoms with Gasteiger partial charge in [-0.1, -0.05) is 6.07 Å². The summed E-state index contributed by atoms with van der Waals surface area (Å²) in [7, 11) is -1.92. The number of benzene rings is 1. The van der Waals surface area contributed by atoms with Crippen LogP contribution in [0, 0.1) is 0 Å². The van der Waals surface area contributed by atoms with E-state index in [1.165, 1.54) is 7.11 Å². The summed E-state index contributed by atoms with van der Waals surface area (Å²) in [6, 6.07) is 5.61. The Kier molecular flexibility index (Phi) is 5.16. The molecule has 0 saturated carbocycles. The predicted octanol–water partition coefficient (Wildman–Crippen LogP) is 2.48. The summed E-state index contributed by atoms with van der Waals surface area (Å²) in [6.45, 7) is 1.23. The van der Waals surface area contributed by atoms with Crippen LogP contribution in [0.1, 0.15) is 24.0 Å². The molecular formula is C16H19IN2O4S. The molecule has 8 heteroatoms. The van der Waals surface area contributed by atoms with Crippen LogP contribution >= 0.6 is 22.9 Å². The van der Waals surface area contributed by atoms with E-state index in [0.29, 0.717) is 13.1 Å². The van der Waals surface area contributed by atoms with Crippen molar-refractivity contribution in [3.63, 3.8) is 0 Å². The van der Waals surface area contributed by atoms with E-state index in [4.69, 9.17) is 4.74 Å². The van der Waals surface area contributed by atoms with Gasteiger partial charge in [0.05, 0.1) is 47.7 Å². The van der Waals surface area contributed by atoms with Gasteiger partial charge in [0.15, 0.2) is 0 Å². The molecule has 24 heavy (non-hydrogen) atoms. The number of carbonyl (C=O) groups excluding carboxylic acids is 1. The fourth-order valence-electron chi connectivity index (χ4n) is 3.03. The van der Waals surface area contributed by atoms with Crippen molar-refractivity contribution in [2.45, 2.75) is 25.0 Å². The van der Waals surface area contributed by atoms with E-state index in [-0.39, 0.29) is 18.1 Å². The number of sulfonamides is 1. The number of carbonyl (C=O) groups is 1. The molecule has 1 aromatic heterocycles. The zero-order valence-corrected chi connectivity index (χ0v) is 16.3. The Labute approximate surface area is 155 Å². The molecule has 1 saturated heterocycles. The Balaban J connectivity index is 1.92. The highest BCUT2D eigenvalue weighted by molar-refractivity contribution is 14.1. The number of hydrogen-bond donors (Lipinski definition) is 0. The van der Waals surface area contributed by atoms with Crippen LogP contribution in [0.15, 0.2) is 24.4 Å². The van der Waals surface area contributed by atoms with E-state index in [1.807, 2.05) is 27.2 Å². The molecule has 6 nitrogen and oxygen atoms in total. The predicted molar refractivity (Wildman–Crippen MR) is 101 cm³/mol. The lowest BCUT2D eigenvalue weighted by atomic mass is 10.1. The minimum Gasteiger partial charge on any atom is -0.469 e. The molecule has 1 aromatic carbocycles. The van der Waals surface area contributed by atoms with Gasteiger partial charge in [-0.25, -0.2) is 12.7 Å². The van der Waals surface area contributed by atoms with Crippen molar-refractivity contribution in [1.82, 2.24) is 7.09 Å². The number of nitrogens with zero attached hydrogens (tertiary/aromatic N) is 2. The zero-order valence-electron chi connectivity index (χ0n) is 13.4. The summed E-state index contributed by atoms with van der Waals surface area (Å²) in [6.07, 6.45) is 3.91. The monoisotopic (exact) mass is 462 g/mol. The Morgan fingerprint density at radius 3 is 2.67 bits per heavy atom. The summed E-state index contributed by atoms with van der Waals surface area (Å²) >= 11 is 2.15. The van der Waals surface area contributed by atoms with Crippen molar-refractivity contribution < 1.29 is 17.9 Å². The third kappa shape index (κ3) is 3.60. The van der Waals surface area contributed by atoms with Gasteiger partial charge in [0, 0.05) is 24.7 Å². The molecule has 0 bridgehead atoms. The molecule has 1 fully saturated rings. The van der Waals surface area contributed by atoms with Gasteiger partial charge in [-0.05, 0) is 36.1 Å². The molecule has 1 aliphatic rings. The smallest absolute Gasteiger partial charge is 0.310 e. The highest BCUT2D eigenvalue weighted by Gasteiger charge is 2.25. The first-order valence-corrected chi connectivity index (χ1v) is 10.3. The molecule has 0 N–H and O–H groups in total. The van der Waals surface area contributed by atoms with E-state index in [1.54, 1.807) is 4.31 Å². The van der Waals surface area contributed by atoms with Crippen LogP contribution in [0.25, 0.3) is 10.9 Å². The van der Waals surface area contributed by atoms with Crippen molar-refractivity contribution in [3.8, 4) is 0 Å². The first kappa shape index (κ1) is 17.7. The average Bonchev–Trinajstić information content (AvgIpc) is 3.17. The summed E-state index contributed by atoms with van der Waals surface area (Å²) < 4.78 is 33.2. The summed E-state index contributed by atoms with van der Waals surface area (Å²) in [5.74, 6) is -0.318. The Morgan fingerprint density at radius 2 is 2.00 bits per heavy atom. The standard InChI is InChI=1S/C16H19IN2O4S/c1-23-16(20)9-13-10-19(17)15-5-4-12(8-14(13)15)11-24(21,22)18-6-2-3-7-18/h4-5,8,10H,2-3,6-7,9,11H2,1H3. The lowest BCUT2D eigenvalue weighted by molar-refractivity contribution is -0.139. The lowest BCUT2D eigenvalue weighted by Gasteiger charge is -2.15. The highest BCUT2D eigenvalue weighted by Crippen LogP contribution is 2.27. The number of esters is 1. The van der Waals surface area contributed by atoms with Gasteiger partial charge >= 0.3 is 5.97 Å². The molecule has 0 aliphatic carbocycles. The van der Waals surface area contributed by atoms with Crippen molar-refractivity contribution >= 4 is 49.8 Å². The van der Waals surface area contributed by atoms with Gasteiger partial charge in [-0.3, -0.25) is 7.58 Å². The molecule has 0 atom stereocenters. The molecule has 1 aliphatic heterocycles. The molecule has 0 spiro atoms. The van der Waals surface area contributed by atoms with Gasteiger partial charge in [0.2, 0.25) is 10.0 Å². The quantitative estimate of drug-likeness (QED) is 0.506. The van der Waals surface area contributed by atoms with E-state index in [2.05, 4.69) is 22.9 Å². The van der Waals surface area contributed by atoms with E-state index < -0.39 is 10.0 Å². The fraction of sp³-hybridized carbons (Fsp3) is 0.438. The van der Waals surface area contributed by atoms with Crippen LogP contribution < -0.4 is 0 Å². The maximum absolute atomic E-state index is 12.5. The number of ether oxygens (including phenoxy) is 1. The second-order valence-electron chi connectivity index (χ2n) is 5.93. The van der Waals surface area contributed by atoms with Crippen molar-refractivity contribution in [2.24, 2.45) is 0 Å². The number of aromatic nitrogens is 1. The third-order valence-corrected chi connectivity index (χ3v) is 6.92. The lowest BCUT2D eigenvalue weighted by Crippen LogP contribution is -2.29. The third-order valence-electron chi connectivity index (χ3n) is 4.28. The maximum Gasteiger partial charge on any atom is 0.310 e. The molecule has 0 unspecified atom stereocenters. The first-order chi connectivity index (χ1) is 11.4. The van der Waals surface area contributed by atoms with Crippen LogP contribution in [0.2, 0.25) is 0 Å². The molecule has 130 valence electrons. The largest absolute Gasteiger partial charge is 0.469 e. The van der Waals surface area contributed by atoms with Crippen LogP contribution in [0.5, 0.6) is 0 Å². The number of methoxy groups -OCH3 is 1. The van der Waals surface area contributed by atoms with Crippen molar-refractivity contribution in [1.29, 1.82) is 0 Å². The highest BCUT2D eigenvalue weighted by atomic mass is 127. The van der Waals surface area contributed by atoms with Crippen LogP contribution in [-0.2, 0) is 31.7 Å². The topological polar surface area (TPSA) is 68.6 Å². The number of rotatable bonds is 5. The molecule has 0 radical (unpaired) electrons. The minimum absolute atomic E-state index is 0.00691. The van der Waals surface area contributed by atoms with E-state index in [9.17, 15) is 13.2 Å². The number of halogens is 1. The molecule has 0 amide bonds. The van der Waals surface area contributed by atoms with Crippen molar-refractivity contribution in [3.05, 3.63) is 35.5 Å². The minimum atomic E-state index is -3.28. The number of fused-ring (bicyclic) bond motifs is 1. The fourth-order valence-corrected chi connectivity index (χ4v) is 5.38. The van der Waals surface area contributed by atoms with E-state index >= 15 is 0 Å². The Hall–Kier alpha value is -1.13. The second-order valence-corrected chi connectivity index (χ2v) is 8.94. The van der Waals surface area contributed by atoms with Gasteiger partial charge in [0.25, 0.3) is 0 Å². The molecular weight excluding hydrogens is 443 g/mol. The van der Waals surface area contributed by atoms with Gasteiger partial charge in [0.1, 0.15) is 0 Å². The summed E-state index contributed by atoms with van der Waals surface area (Å²) in [5.41, 5.74) is 2.53. The van der Waals surface area contributed by atoms with Crippen LogP contribution in [0.4, 0.5) is 0 Å². The zero-order chi connectivity index (χ0) is 17.3.